The van der Waals surface area contributed by atoms with Crippen molar-refractivity contribution >= 4 is 37.8 Å². The van der Waals surface area contributed by atoms with Gasteiger partial charge in [-0.15, -0.1) is 0 Å². The van der Waals surface area contributed by atoms with Crippen LogP contribution in [0.2, 0.25) is 0 Å². The van der Waals surface area contributed by atoms with Crippen LogP contribution in [0.4, 0.5) is 5.95 Å². The summed E-state index contributed by atoms with van der Waals surface area (Å²) in [6, 6.07) is 5.08. The number of nitrogen functional groups attached to an aromatic ring is 1. The van der Waals surface area contributed by atoms with E-state index in [1.54, 1.807) is 25.3 Å². The van der Waals surface area contributed by atoms with Gasteiger partial charge in [-0.3, -0.25) is 0 Å². The summed E-state index contributed by atoms with van der Waals surface area (Å²) < 4.78 is 17.3. The number of methoxy groups -OCH3 is 2. The first kappa shape index (κ1) is 14.9. The van der Waals surface area contributed by atoms with Crippen molar-refractivity contribution < 1.29 is 14.2 Å². The van der Waals surface area contributed by atoms with Crippen molar-refractivity contribution in [1.29, 1.82) is 0 Å². The van der Waals surface area contributed by atoms with Gasteiger partial charge in [0.05, 0.1) is 29.2 Å². The Kier molecular flexibility index (Phi) is 4.66. The van der Waals surface area contributed by atoms with Crippen molar-refractivity contribution in [3.05, 3.63) is 27.1 Å². The molecule has 0 bridgehead atoms. The van der Waals surface area contributed by atoms with Gasteiger partial charge >= 0.3 is 0 Å². The number of nitrogens with zero attached hydrogens (tertiary/aromatic N) is 2. The Hall–Kier alpha value is -1.54. The molecule has 20 heavy (non-hydrogen) atoms. The Morgan fingerprint density at radius 3 is 2.15 bits per heavy atom. The second-order valence-electron chi connectivity index (χ2n) is 3.63. The summed E-state index contributed by atoms with van der Waals surface area (Å²) in [6.45, 7) is 0. The molecule has 0 aliphatic heterocycles. The molecule has 8 heteroatoms. The lowest BCUT2D eigenvalue weighted by atomic mass is 10.3. The minimum absolute atomic E-state index is 0.0723. The van der Waals surface area contributed by atoms with E-state index in [4.69, 9.17) is 19.9 Å². The average molecular weight is 405 g/mol. The van der Waals surface area contributed by atoms with Gasteiger partial charge in [-0.25, -0.2) is 0 Å². The highest BCUT2D eigenvalue weighted by atomic mass is 79.9. The van der Waals surface area contributed by atoms with E-state index < -0.39 is 0 Å². The van der Waals surface area contributed by atoms with Crippen LogP contribution in [0.15, 0.2) is 27.1 Å². The van der Waals surface area contributed by atoms with Gasteiger partial charge in [0.1, 0.15) is 11.5 Å². The van der Waals surface area contributed by atoms with E-state index in [2.05, 4.69) is 41.8 Å². The lowest BCUT2D eigenvalue weighted by Gasteiger charge is -2.11. The lowest BCUT2D eigenvalue weighted by Crippen LogP contribution is -2.00. The van der Waals surface area contributed by atoms with Gasteiger partial charge in [0, 0.05) is 0 Å². The number of anilines is 1. The maximum Gasteiger partial charge on any atom is 0.227 e. The zero-order chi connectivity index (χ0) is 14.7. The van der Waals surface area contributed by atoms with E-state index in [1.165, 1.54) is 7.11 Å². The van der Waals surface area contributed by atoms with Gasteiger partial charge in [-0.2, -0.15) is 9.97 Å². The summed E-state index contributed by atoms with van der Waals surface area (Å²) in [7, 11) is 3.08. The van der Waals surface area contributed by atoms with E-state index in [-0.39, 0.29) is 11.8 Å². The van der Waals surface area contributed by atoms with E-state index in [1.807, 2.05) is 0 Å². The smallest absolute Gasteiger partial charge is 0.227 e. The number of nitrogens with two attached hydrogens (primary N) is 1. The molecule has 0 atom stereocenters. The number of ether oxygens (including phenoxy) is 3. The molecule has 0 aliphatic rings. The van der Waals surface area contributed by atoms with E-state index in [0.29, 0.717) is 21.9 Å². The average Bonchev–Trinajstić information content (AvgIpc) is 2.41. The molecule has 2 rings (SSSR count). The van der Waals surface area contributed by atoms with Crippen LogP contribution in [-0.4, -0.2) is 24.2 Å². The van der Waals surface area contributed by atoms with Crippen molar-refractivity contribution in [3.63, 3.8) is 0 Å². The first-order chi connectivity index (χ1) is 9.53. The maximum absolute atomic E-state index is 5.67. The van der Waals surface area contributed by atoms with Crippen LogP contribution < -0.4 is 19.9 Å². The zero-order valence-corrected chi connectivity index (χ0v) is 13.9. The first-order valence-corrected chi connectivity index (χ1v) is 7.01. The first-order valence-electron chi connectivity index (χ1n) is 5.43. The summed E-state index contributed by atoms with van der Waals surface area (Å²) in [6.07, 6.45) is 0. The fourth-order valence-electron chi connectivity index (χ4n) is 1.44. The fraction of sp³-hybridized carbons (Fsp3) is 0.167. The molecule has 0 radical (unpaired) electrons. The SMILES string of the molecule is COc1cc(Oc2cc(Br)c(OC)cc2Br)nc(N)n1. The molecule has 0 spiro atoms. The molecule has 2 aromatic rings. The van der Waals surface area contributed by atoms with Gasteiger partial charge in [-0.1, -0.05) is 0 Å². The van der Waals surface area contributed by atoms with Crippen LogP contribution >= 0.6 is 31.9 Å². The van der Waals surface area contributed by atoms with Gasteiger partial charge in [0.25, 0.3) is 0 Å². The predicted octanol–water partition coefficient (Wildman–Crippen LogP) is 3.39. The predicted molar refractivity (Wildman–Crippen MR) is 81.5 cm³/mol. The zero-order valence-electron chi connectivity index (χ0n) is 10.7. The van der Waals surface area contributed by atoms with Gasteiger partial charge in [0.15, 0.2) is 0 Å². The molecular formula is C12H11Br2N3O3. The number of hydrogen-bond donors (Lipinski definition) is 1. The second kappa shape index (κ2) is 6.27. The molecule has 1 aromatic carbocycles. The Balaban J connectivity index is 2.35. The molecule has 0 saturated carbocycles. The standard InChI is InChI=1S/C12H11Br2N3O3/c1-18-8-3-7(14)9(4-6(8)13)20-11-5-10(19-2)16-12(15)17-11/h3-5H,1-2H3,(H2,15,16,17). The summed E-state index contributed by atoms with van der Waals surface area (Å²) in [4.78, 5) is 7.87. The number of halogens is 2. The molecule has 6 nitrogen and oxygen atoms in total. The minimum Gasteiger partial charge on any atom is -0.496 e. The number of hydrogen-bond acceptors (Lipinski definition) is 6. The molecule has 0 aliphatic carbocycles. The van der Waals surface area contributed by atoms with Crippen molar-refractivity contribution in [2.24, 2.45) is 0 Å². The number of aromatic nitrogens is 2. The summed E-state index contributed by atoms with van der Waals surface area (Å²) in [5, 5.41) is 0. The Morgan fingerprint density at radius 2 is 1.50 bits per heavy atom. The highest BCUT2D eigenvalue weighted by Crippen LogP contribution is 2.38. The summed E-state index contributed by atoms with van der Waals surface area (Å²) in [5.41, 5.74) is 5.58. The molecular weight excluding hydrogens is 394 g/mol. The molecule has 2 N–H and O–H groups in total. The highest BCUT2D eigenvalue weighted by Gasteiger charge is 2.11. The molecule has 1 aromatic heterocycles. The number of benzene rings is 1. The summed E-state index contributed by atoms with van der Waals surface area (Å²) >= 11 is 6.79. The van der Waals surface area contributed by atoms with Crippen molar-refractivity contribution in [2.75, 3.05) is 20.0 Å². The minimum atomic E-state index is 0.0723. The normalized spacial score (nSPS) is 10.2. The van der Waals surface area contributed by atoms with Gasteiger partial charge in [0.2, 0.25) is 17.7 Å². The topological polar surface area (TPSA) is 79.5 Å². The Morgan fingerprint density at radius 1 is 0.900 bits per heavy atom. The van der Waals surface area contributed by atoms with Crippen molar-refractivity contribution in [2.45, 2.75) is 0 Å². The number of rotatable bonds is 4. The third kappa shape index (κ3) is 3.31. The molecule has 1 heterocycles. The molecule has 0 amide bonds. The van der Waals surface area contributed by atoms with Gasteiger partial charge in [-0.05, 0) is 44.0 Å². The van der Waals surface area contributed by atoms with Crippen LogP contribution in [0.3, 0.4) is 0 Å². The van der Waals surface area contributed by atoms with Crippen molar-refractivity contribution in [1.82, 2.24) is 9.97 Å². The molecule has 0 unspecified atom stereocenters. The summed E-state index contributed by atoms with van der Waals surface area (Å²) in [5.74, 6) is 1.92. The van der Waals surface area contributed by atoms with Crippen LogP contribution in [0.25, 0.3) is 0 Å². The largest absolute Gasteiger partial charge is 0.496 e. The Labute approximate surface area is 132 Å². The van der Waals surface area contributed by atoms with Crippen molar-refractivity contribution in [3.8, 4) is 23.3 Å². The highest BCUT2D eigenvalue weighted by molar-refractivity contribution is 9.11. The van der Waals surface area contributed by atoms with E-state index in [9.17, 15) is 0 Å². The quantitative estimate of drug-likeness (QED) is 0.841. The Bertz CT molecular complexity index is 638. The van der Waals surface area contributed by atoms with Crippen LogP contribution in [-0.2, 0) is 0 Å². The van der Waals surface area contributed by atoms with Crippen LogP contribution in [0, 0.1) is 0 Å². The second-order valence-corrected chi connectivity index (χ2v) is 5.33. The third-order valence-corrected chi connectivity index (χ3v) is 3.57. The molecule has 106 valence electrons. The van der Waals surface area contributed by atoms with E-state index >= 15 is 0 Å². The van der Waals surface area contributed by atoms with Gasteiger partial charge < -0.3 is 19.9 Å². The van der Waals surface area contributed by atoms with Crippen LogP contribution in [0.1, 0.15) is 0 Å². The van der Waals surface area contributed by atoms with Crippen LogP contribution in [0.5, 0.6) is 23.3 Å². The maximum atomic E-state index is 5.67. The lowest BCUT2D eigenvalue weighted by molar-refractivity contribution is 0.388. The molecule has 0 saturated heterocycles. The molecule has 0 fully saturated rings. The third-order valence-electron chi connectivity index (χ3n) is 2.33. The fourth-order valence-corrected chi connectivity index (χ4v) is 2.32. The monoisotopic (exact) mass is 403 g/mol. The van der Waals surface area contributed by atoms with E-state index in [0.717, 1.165) is 4.47 Å².